The molecule has 0 saturated carbocycles. The molecule has 37 heavy (non-hydrogen) atoms. The van der Waals surface area contributed by atoms with Gasteiger partial charge in [0.2, 0.25) is 0 Å². The minimum atomic E-state index is -0.600. The van der Waals surface area contributed by atoms with Gasteiger partial charge in [0.25, 0.3) is 11.8 Å². The van der Waals surface area contributed by atoms with Crippen LogP contribution in [0.2, 0.25) is 5.02 Å². The fourth-order valence-corrected chi connectivity index (χ4v) is 6.56. The summed E-state index contributed by atoms with van der Waals surface area (Å²) in [5.74, 6) is -0.326. The standard InChI is InChI=1S/C30H37ClFN3O2/c1-20(2)19-34-13-9-30(10-14-34)11-15-35(16-12-30)29(37)22-4-3-21-5-8-27(24(21)17-22)33-28(36)25-18-23(31)6-7-26(25)32/h3-4,6-7,17-18,20,27H,5,8-16,19H2,1-2H3,(H,33,36). The highest BCUT2D eigenvalue weighted by atomic mass is 35.5. The van der Waals surface area contributed by atoms with E-state index in [4.69, 9.17) is 11.6 Å². The Balaban J connectivity index is 1.21. The number of rotatable bonds is 5. The van der Waals surface area contributed by atoms with Gasteiger partial charge in [-0.25, -0.2) is 4.39 Å². The molecule has 7 heteroatoms. The molecule has 2 aromatic rings. The molecule has 0 bridgehead atoms. The van der Waals surface area contributed by atoms with Crippen molar-refractivity contribution in [3.63, 3.8) is 0 Å². The van der Waals surface area contributed by atoms with Gasteiger partial charge in [0, 0.05) is 30.2 Å². The number of piperidine rings is 2. The van der Waals surface area contributed by atoms with Crippen LogP contribution in [0.3, 0.4) is 0 Å². The average molecular weight is 526 g/mol. The van der Waals surface area contributed by atoms with E-state index >= 15 is 0 Å². The minimum Gasteiger partial charge on any atom is -0.345 e. The predicted molar refractivity (Wildman–Crippen MR) is 144 cm³/mol. The number of halogens is 2. The van der Waals surface area contributed by atoms with Crippen LogP contribution in [0.25, 0.3) is 0 Å². The number of likely N-dealkylation sites (tertiary alicyclic amines) is 2. The summed E-state index contributed by atoms with van der Waals surface area (Å²) < 4.78 is 14.2. The zero-order valence-corrected chi connectivity index (χ0v) is 22.6. The first-order valence-corrected chi connectivity index (χ1v) is 14.0. The summed E-state index contributed by atoms with van der Waals surface area (Å²) in [4.78, 5) is 30.8. The van der Waals surface area contributed by atoms with Crippen LogP contribution in [0.1, 0.15) is 83.8 Å². The van der Waals surface area contributed by atoms with Gasteiger partial charge in [-0.1, -0.05) is 31.5 Å². The fraction of sp³-hybridized carbons (Fsp3) is 0.533. The summed E-state index contributed by atoms with van der Waals surface area (Å²) in [5.41, 5.74) is 3.06. The molecular weight excluding hydrogens is 489 g/mol. The van der Waals surface area contributed by atoms with Gasteiger partial charge in [0.1, 0.15) is 5.82 Å². The molecule has 1 aliphatic carbocycles. The van der Waals surface area contributed by atoms with Gasteiger partial charge < -0.3 is 15.1 Å². The zero-order valence-electron chi connectivity index (χ0n) is 21.9. The van der Waals surface area contributed by atoms with Crippen LogP contribution in [0, 0.1) is 17.2 Å². The molecular formula is C30H37ClFN3O2. The minimum absolute atomic E-state index is 0.0627. The summed E-state index contributed by atoms with van der Waals surface area (Å²) in [6.07, 6.45) is 6.14. The topological polar surface area (TPSA) is 52.6 Å². The number of nitrogens with one attached hydrogen (secondary N) is 1. The van der Waals surface area contributed by atoms with Gasteiger partial charge in [-0.15, -0.1) is 0 Å². The van der Waals surface area contributed by atoms with Gasteiger partial charge >= 0.3 is 0 Å². The lowest BCUT2D eigenvalue weighted by atomic mass is 9.71. The normalized spacial score (nSPS) is 21.3. The first-order chi connectivity index (χ1) is 17.7. The Labute approximate surface area is 224 Å². The fourth-order valence-electron chi connectivity index (χ4n) is 6.39. The van der Waals surface area contributed by atoms with E-state index in [1.807, 2.05) is 23.1 Å². The quantitative estimate of drug-likeness (QED) is 0.531. The Hall–Kier alpha value is -2.44. The summed E-state index contributed by atoms with van der Waals surface area (Å²) in [5, 5.41) is 3.27. The second-order valence-electron chi connectivity index (χ2n) is 11.6. The lowest BCUT2D eigenvalue weighted by molar-refractivity contribution is 0.0279. The van der Waals surface area contributed by atoms with Gasteiger partial charge in [-0.3, -0.25) is 9.59 Å². The third-order valence-electron chi connectivity index (χ3n) is 8.60. The Morgan fingerprint density at radius 3 is 2.46 bits per heavy atom. The van der Waals surface area contributed by atoms with Crippen LogP contribution < -0.4 is 5.32 Å². The number of carbonyl (C=O) groups is 2. The van der Waals surface area contributed by atoms with E-state index in [-0.39, 0.29) is 17.5 Å². The predicted octanol–water partition coefficient (Wildman–Crippen LogP) is 5.87. The number of fused-ring (bicyclic) bond motifs is 1. The number of hydrogen-bond donors (Lipinski definition) is 1. The van der Waals surface area contributed by atoms with E-state index in [0.29, 0.717) is 21.9 Å². The van der Waals surface area contributed by atoms with Crippen molar-refractivity contribution < 1.29 is 14.0 Å². The second kappa shape index (κ2) is 10.7. The molecule has 1 N–H and O–H groups in total. The molecule has 1 spiro atoms. The van der Waals surface area contributed by atoms with Crippen molar-refractivity contribution in [2.75, 3.05) is 32.7 Å². The lowest BCUT2D eigenvalue weighted by Gasteiger charge is -2.47. The highest BCUT2D eigenvalue weighted by Crippen LogP contribution is 2.42. The smallest absolute Gasteiger partial charge is 0.254 e. The maximum atomic E-state index is 14.2. The summed E-state index contributed by atoms with van der Waals surface area (Å²) in [7, 11) is 0. The Bertz CT molecular complexity index is 1170. The SMILES string of the molecule is CC(C)CN1CCC2(CC1)CCN(C(=O)c1ccc3c(c1)C(NC(=O)c1cc(Cl)ccc1F)CC3)CC2. The molecule has 2 aromatic carbocycles. The number of aryl methyl sites for hydroxylation is 1. The third-order valence-corrected chi connectivity index (χ3v) is 8.84. The first kappa shape index (κ1) is 26.2. The highest BCUT2D eigenvalue weighted by Gasteiger charge is 2.39. The van der Waals surface area contributed by atoms with Crippen molar-refractivity contribution in [2.24, 2.45) is 11.3 Å². The summed E-state index contributed by atoms with van der Waals surface area (Å²) in [6, 6.07) is 9.57. The van der Waals surface area contributed by atoms with Gasteiger partial charge in [-0.05, 0) is 104 Å². The van der Waals surface area contributed by atoms with Crippen molar-refractivity contribution in [1.29, 1.82) is 0 Å². The van der Waals surface area contributed by atoms with Crippen LogP contribution in [0.4, 0.5) is 4.39 Å². The van der Waals surface area contributed by atoms with Crippen molar-refractivity contribution in [3.8, 4) is 0 Å². The largest absolute Gasteiger partial charge is 0.345 e. The van der Waals surface area contributed by atoms with Crippen molar-refractivity contribution in [3.05, 3.63) is 69.5 Å². The van der Waals surface area contributed by atoms with E-state index in [2.05, 4.69) is 24.1 Å². The Morgan fingerprint density at radius 2 is 1.76 bits per heavy atom. The van der Waals surface area contributed by atoms with E-state index < -0.39 is 11.7 Å². The van der Waals surface area contributed by atoms with Gasteiger partial charge in [-0.2, -0.15) is 0 Å². The molecule has 2 fully saturated rings. The molecule has 0 aromatic heterocycles. The zero-order chi connectivity index (χ0) is 26.2. The third kappa shape index (κ3) is 5.70. The maximum absolute atomic E-state index is 14.2. The monoisotopic (exact) mass is 525 g/mol. The van der Waals surface area contributed by atoms with E-state index in [1.165, 1.54) is 50.7 Å². The highest BCUT2D eigenvalue weighted by molar-refractivity contribution is 6.31. The van der Waals surface area contributed by atoms with Crippen LogP contribution in [0.5, 0.6) is 0 Å². The van der Waals surface area contributed by atoms with Crippen LogP contribution in [0.15, 0.2) is 36.4 Å². The van der Waals surface area contributed by atoms with Crippen molar-refractivity contribution in [2.45, 2.75) is 58.4 Å². The van der Waals surface area contributed by atoms with Gasteiger partial charge in [0.15, 0.2) is 0 Å². The molecule has 0 radical (unpaired) electrons. The Kier molecular flexibility index (Phi) is 7.60. The van der Waals surface area contributed by atoms with Gasteiger partial charge in [0.05, 0.1) is 11.6 Å². The molecule has 1 unspecified atom stereocenters. The number of carbonyl (C=O) groups excluding carboxylic acids is 2. The number of hydrogen-bond acceptors (Lipinski definition) is 3. The number of amides is 2. The molecule has 2 heterocycles. The second-order valence-corrected chi connectivity index (χ2v) is 12.0. The molecule has 2 aliphatic heterocycles. The molecule has 5 rings (SSSR count). The molecule has 2 saturated heterocycles. The Morgan fingerprint density at radius 1 is 1.05 bits per heavy atom. The lowest BCUT2D eigenvalue weighted by Crippen LogP contribution is -2.48. The van der Waals surface area contributed by atoms with E-state index in [1.54, 1.807) is 0 Å². The molecule has 3 aliphatic rings. The summed E-state index contributed by atoms with van der Waals surface area (Å²) >= 11 is 5.97. The molecule has 1 atom stereocenters. The van der Waals surface area contributed by atoms with Crippen LogP contribution >= 0.6 is 11.6 Å². The number of nitrogens with zero attached hydrogens (tertiary/aromatic N) is 2. The summed E-state index contributed by atoms with van der Waals surface area (Å²) in [6.45, 7) is 9.68. The molecule has 198 valence electrons. The van der Waals surface area contributed by atoms with Crippen molar-refractivity contribution >= 4 is 23.4 Å². The maximum Gasteiger partial charge on any atom is 0.254 e. The van der Waals surface area contributed by atoms with Crippen LogP contribution in [-0.4, -0.2) is 54.3 Å². The first-order valence-electron chi connectivity index (χ1n) is 13.6. The van der Waals surface area contributed by atoms with E-state index in [9.17, 15) is 14.0 Å². The van der Waals surface area contributed by atoms with Crippen LogP contribution in [-0.2, 0) is 6.42 Å². The molecule has 2 amide bonds. The number of benzene rings is 2. The molecule has 5 nitrogen and oxygen atoms in total. The van der Waals surface area contributed by atoms with Crippen molar-refractivity contribution in [1.82, 2.24) is 15.1 Å². The average Bonchev–Trinajstić information content (AvgIpc) is 3.28. The van der Waals surface area contributed by atoms with E-state index in [0.717, 1.165) is 49.9 Å².